The van der Waals surface area contributed by atoms with Gasteiger partial charge in [-0.2, -0.15) is 10.5 Å². The Kier molecular flexibility index (Phi) is 7.56. The third-order valence-electron chi connectivity index (χ3n) is 3.17. The summed E-state index contributed by atoms with van der Waals surface area (Å²) in [5.74, 6) is -0.104. The van der Waals surface area contributed by atoms with Crippen LogP contribution in [0.1, 0.15) is 28.8 Å². The lowest BCUT2D eigenvalue weighted by molar-refractivity contribution is 0.0761. The van der Waals surface area contributed by atoms with E-state index in [4.69, 9.17) is 10.5 Å². The second-order valence-corrected chi connectivity index (χ2v) is 4.62. The summed E-state index contributed by atoms with van der Waals surface area (Å²) in [5, 5.41) is 20.5. The summed E-state index contributed by atoms with van der Waals surface area (Å²) < 4.78 is 0. The quantitative estimate of drug-likeness (QED) is 0.788. The number of likely N-dealkylation sites (N-methyl/N-ethyl adjacent to an activating group) is 1. The van der Waals surface area contributed by atoms with Gasteiger partial charge in [-0.05, 0) is 31.6 Å². The number of nitrogens with zero attached hydrogens (tertiary/aromatic N) is 3. The van der Waals surface area contributed by atoms with Crippen LogP contribution >= 0.6 is 0 Å². The smallest absolute Gasteiger partial charge is 0.254 e. The monoisotopic (exact) mass is 284 g/mol. The van der Waals surface area contributed by atoms with Gasteiger partial charge >= 0.3 is 0 Å². The van der Waals surface area contributed by atoms with E-state index in [1.807, 2.05) is 37.4 Å². The lowest BCUT2D eigenvalue weighted by Crippen LogP contribution is -2.33. The second-order valence-electron chi connectivity index (χ2n) is 4.62. The summed E-state index contributed by atoms with van der Waals surface area (Å²) in [6.07, 6.45) is 1.31. The molecule has 0 spiro atoms. The Labute approximate surface area is 125 Å². The lowest BCUT2D eigenvalue weighted by Gasteiger charge is -2.22. The number of carbonyl (C=O) groups excluding carboxylic acids is 1. The highest BCUT2D eigenvalue weighted by Gasteiger charge is 2.17. The summed E-state index contributed by atoms with van der Waals surface area (Å²) >= 11 is 0. The number of rotatable bonds is 8. The van der Waals surface area contributed by atoms with Crippen LogP contribution in [-0.4, -0.2) is 37.5 Å². The molecular formula is C16H20N4O. The van der Waals surface area contributed by atoms with Gasteiger partial charge in [-0.25, -0.2) is 0 Å². The minimum absolute atomic E-state index is 0.104. The van der Waals surface area contributed by atoms with Crippen LogP contribution < -0.4 is 5.32 Å². The Bertz CT molecular complexity index is 524. The first-order chi connectivity index (χ1) is 10.2. The van der Waals surface area contributed by atoms with E-state index in [9.17, 15) is 4.79 Å². The van der Waals surface area contributed by atoms with Crippen molar-refractivity contribution in [1.82, 2.24) is 10.2 Å². The second kappa shape index (κ2) is 9.52. The van der Waals surface area contributed by atoms with Crippen LogP contribution in [0.15, 0.2) is 24.3 Å². The highest BCUT2D eigenvalue weighted by atomic mass is 16.2. The minimum Gasteiger partial charge on any atom is -0.337 e. The van der Waals surface area contributed by atoms with Crippen LogP contribution in [0.3, 0.4) is 0 Å². The van der Waals surface area contributed by atoms with Crippen LogP contribution in [-0.2, 0) is 6.42 Å². The molecule has 21 heavy (non-hydrogen) atoms. The van der Waals surface area contributed by atoms with Crippen molar-refractivity contribution in [2.75, 3.05) is 26.7 Å². The molecule has 0 aliphatic carbocycles. The van der Waals surface area contributed by atoms with Crippen molar-refractivity contribution in [2.45, 2.75) is 19.3 Å². The average Bonchev–Trinajstić information content (AvgIpc) is 2.52. The van der Waals surface area contributed by atoms with Crippen molar-refractivity contribution >= 4 is 5.91 Å². The molecule has 0 atom stereocenters. The van der Waals surface area contributed by atoms with Gasteiger partial charge in [-0.3, -0.25) is 4.79 Å². The molecule has 5 nitrogen and oxygen atoms in total. The molecule has 1 amide bonds. The minimum atomic E-state index is -0.104. The normalized spacial score (nSPS) is 9.67. The Balaban J connectivity index is 2.91. The number of carbonyl (C=O) groups is 1. The molecule has 0 radical (unpaired) electrons. The van der Waals surface area contributed by atoms with Gasteiger partial charge in [-0.1, -0.05) is 18.2 Å². The number of benzene rings is 1. The Morgan fingerprint density at radius 1 is 1.19 bits per heavy atom. The predicted molar refractivity (Wildman–Crippen MR) is 80.4 cm³/mol. The number of hydrogen-bond donors (Lipinski definition) is 1. The molecule has 0 saturated heterocycles. The van der Waals surface area contributed by atoms with E-state index in [1.165, 1.54) is 0 Å². The molecule has 0 unspecified atom stereocenters. The molecule has 0 heterocycles. The van der Waals surface area contributed by atoms with Crippen molar-refractivity contribution in [3.63, 3.8) is 0 Å². The molecule has 0 aromatic heterocycles. The molecule has 1 aromatic carbocycles. The lowest BCUT2D eigenvalue weighted by atomic mass is 10.0. The molecular weight excluding hydrogens is 264 g/mol. The Morgan fingerprint density at radius 2 is 1.81 bits per heavy atom. The summed E-state index contributed by atoms with van der Waals surface area (Å²) in [5.41, 5.74) is 1.64. The van der Waals surface area contributed by atoms with Crippen LogP contribution in [0, 0.1) is 22.7 Å². The van der Waals surface area contributed by atoms with E-state index in [0.29, 0.717) is 18.7 Å². The highest BCUT2D eigenvalue weighted by Crippen LogP contribution is 2.13. The van der Waals surface area contributed by atoms with Crippen LogP contribution in [0.5, 0.6) is 0 Å². The molecule has 1 aromatic rings. The molecule has 0 bridgehead atoms. The number of amides is 1. The topological polar surface area (TPSA) is 79.9 Å². The maximum Gasteiger partial charge on any atom is 0.254 e. The van der Waals surface area contributed by atoms with Gasteiger partial charge in [-0.15, -0.1) is 0 Å². The summed E-state index contributed by atoms with van der Waals surface area (Å²) in [7, 11) is 1.87. The van der Waals surface area contributed by atoms with E-state index in [0.717, 1.165) is 18.5 Å². The standard InChI is InChI=1S/C16H20N4O/c1-19-11-8-14-6-2-3-7-15(14)16(21)20(12-4-9-17)13-5-10-18/h2-3,6-7,19H,4-5,8,11-13H2,1H3. The third kappa shape index (κ3) is 5.25. The summed E-state index contributed by atoms with van der Waals surface area (Å²) in [4.78, 5) is 14.2. The van der Waals surface area contributed by atoms with Gasteiger partial charge in [0.25, 0.3) is 5.91 Å². The molecule has 1 rings (SSSR count). The van der Waals surface area contributed by atoms with Crippen LogP contribution in [0.2, 0.25) is 0 Å². The van der Waals surface area contributed by atoms with Gasteiger partial charge in [0.1, 0.15) is 0 Å². The predicted octanol–water partition coefficient (Wildman–Crippen LogP) is 1.72. The van der Waals surface area contributed by atoms with Gasteiger partial charge in [0.05, 0.1) is 25.0 Å². The molecule has 1 N–H and O–H groups in total. The first-order valence-electron chi connectivity index (χ1n) is 7.00. The fourth-order valence-electron chi connectivity index (χ4n) is 2.06. The number of nitrogens with one attached hydrogen (secondary N) is 1. The molecule has 0 fully saturated rings. The molecule has 110 valence electrons. The van der Waals surface area contributed by atoms with E-state index in [-0.39, 0.29) is 18.7 Å². The van der Waals surface area contributed by atoms with Crippen LogP contribution in [0.4, 0.5) is 0 Å². The van der Waals surface area contributed by atoms with E-state index in [1.54, 1.807) is 11.0 Å². The zero-order valence-electron chi connectivity index (χ0n) is 12.3. The molecule has 0 aliphatic rings. The third-order valence-corrected chi connectivity index (χ3v) is 3.17. The zero-order chi connectivity index (χ0) is 15.5. The van der Waals surface area contributed by atoms with Gasteiger partial charge in [0.15, 0.2) is 0 Å². The highest BCUT2D eigenvalue weighted by molar-refractivity contribution is 5.95. The van der Waals surface area contributed by atoms with E-state index < -0.39 is 0 Å². The van der Waals surface area contributed by atoms with Crippen molar-refractivity contribution < 1.29 is 4.79 Å². The maximum absolute atomic E-state index is 12.6. The maximum atomic E-state index is 12.6. The molecule has 0 saturated carbocycles. The van der Waals surface area contributed by atoms with Gasteiger partial charge < -0.3 is 10.2 Å². The Hall–Kier alpha value is -2.37. The van der Waals surface area contributed by atoms with Crippen molar-refractivity contribution in [3.8, 4) is 12.1 Å². The number of nitriles is 2. The van der Waals surface area contributed by atoms with Crippen molar-refractivity contribution in [2.24, 2.45) is 0 Å². The SMILES string of the molecule is CNCCc1ccccc1C(=O)N(CCC#N)CCC#N. The summed E-state index contributed by atoms with van der Waals surface area (Å²) in [6.45, 7) is 1.51. The zero-order valence-corrected chi connectivity index (χ0v) is 12.3. The fraction of sp³-hybridized carbons (Fsp3) is 0.438. The average molecular weight is 284 g/mol. The molecule has 5 heteroatoms. The largest absolute Gasteiger partial charge is 0.337 e. The van der Waals surface area contributed by atoms with Gasteiger partial charge in [0, 0.05) is 18.7 Å². The first kappa shape index (κ1) is 16.7. The van der Waals surface area contributed by atoms with E-state index >= 15 is 0 Å². The summed E-state index contributed by atoms with van der Waals surface area (Å²) in [6, 6.07) is 11.6. The van der Waals surface area contributed by atoms with Crippen molar-refractivity contribution in [1.29, 1.82) is 10.5 Å². The Morgan fingerprint density at radius 3 is 2.38 bits per heavy atom. The van der Waals surface area contributed by atoms with Crippen molar-refractivity contribution in [3.05, 3.63) is 35.4 Å². The van der Waals surface area contributed by atoms with Gasteiger partial charge in [0.2, 0.25) is 0 Å². The molecule has 0 aliphatic heterocycles. The van der Waals surface area contributed by atoms with E-state index in [2.05, 4.69) is 5.32 Å². The fourth-order valence-corrected chi connectivity index (χ4v) is 2.06. The number of hydrogen-bond acceptors (Lipinski definition) is 4. The first-order valence-corrected chi connectivity index (χ1v) is 7.00. The van der Waals surface area contributed by atoms with Crippen LogP contribution in [0.25, 0.3) is 0 Å².